The molecule has 0 saturated heterocycles. The molecule has 4 heterocycles. The van der Waals surface area contributed by atoms with E-state index in [1.807, 2.05) is 0 Å². The molecule has 0 fully saturated rings. The van der Waals surface area contributed by atoms with E-state index in [2.05, 4.69) is 35.5 Å². The Balaban J connectivity index is 1.15. The maximum atomic E-state index is 13.3. The van der Waals surface area contributed by atoms with Gasteiger partial charge in [0.2, 0.25) is 0 Å². The predicted molar refractivity (Wildman–Crippen MR) is 129 cm³/mol. The average Bonchev–Trinajstić information content (AvgIpc) is 3.51. The summed E-state index contributed by atoms with van der Waals surface area (Å²) in [5.41, 5.74) is 1.99. The lowest BCUT2D eigenvalue weighted by Crippen LogP contribution is -2.28. The fraction of sp³-hybridized carbons (Fsp3) is 0.160. The molecule has 2 aliphatic heterocycles. The molecule has 198 valence electrons. The molecule has 4 aromatic rings. The normalized spacial score (nSPS) is 14.8. The van der Waals surface area contributed by atoms with E-state index in [0.717, 1.165) is 0 Å². The van der Waals surface area contributed by atoms with Crippen LogP contribution in [0.2, 0.25) is 0 Å². The topological polar surface area (TPSA) is 145 Å². The van der Waals surface area contributed by atoms with Crippen molar-refractivity contribution in [2.24, 2.45) is 0 Å². The van der Waals surface area contributed by atoms with Crippen molar-refractivity contribution in [3.8, 4) is 17.2 Å². The molecule has 3 amide bonds. The second-order valence-corrected chi connectivity index (χ2v) is 8.61. The maximum absolute atomic E-state index is 13.3. The molecule has 2 aromatic heterocycles. The van der Waals surface area contributed by atoms with Crippen molar-refractivity contribution in [1.82, 2.24) is 25.2 Å². The first-order valence-electron chi connectivity index (χ1n) is 11.6. The lowest BCUT2D eigenvalue weighted by atomic mass is 10.1. The number of carbonyl (C=O) groups is 3. The molecule has 14 heteroatoms. The number of hydrogen-bond acceptors (Lipinski definition) is 8. The lowest BCUT2D eigenvalue weighted by Gasteiger charge is -2.18. The van der Waals surface area contributed by atoms with Gasteiger partial charge in [-0.15, -0.1) is 8.78 Å². The van der Waals surface area contributed by atoms with Gasteiger partial charge in [0.05, 0.1) is 11.9 Å². The van der Waals surface area contributed by atoms with Crippen LogP contribution in [0.5, 0.6) is 17.2 Å². The van der Waals surface area contributed by atoms with Crippen LogP contribution in [0.1, 0.15) is 32.1 Å². The van der Waals surface area contributed by atoms with E-state index >= 15 is 0 Å². The summed E-state index contributed by atoms with van der Waals surface area (Å²) in [4.78, 5) is 41.8. The molecular weight excluding hydrogens is 518 g/mol. The summed E-state index contributed by atoms with van der Waals surface area (Å²) in [5.74, 6) is -1.10. The van der Waals surface area contributed by atoms with E-state index in [1.54, 1.807) is 18.2 Å². The number of nitrogens with zero attached hydrogens (tertiary/aromatic N) is 3. The number of halogens is 2. The summed E-state index contributed by atoms with van der Waals surface area (Å²) < 4.78 is 42.0. The molecule has 0 atom stereocenters. The van der Waals surface area contributed by atoms with Gasteiger partial charge in [0.15, 0.2) is 23.8 Å². The van der Waals surface area contributed by atoms with E-state index in [-0.39, 0.29) is 54.1 Å². The lowest BCUT2D eigenvalue weighted by molar-refractivity contribution is -0.286. The van der Waals surface area contributed by atoms with Crippen LogP contribution in [0, 0.1) is 0 Å². The molecule has 3 N–H and O–H groups in total. The van der Waals surface area contributed by atoms with Crippen molar-refractivity contribution in [3.05, 3.63) is 77.2 Å². The number of fused-ring (bicyclic) bond motifs is 3. The molecule has 6 rings (SSSR count). The molecule has 2 aromatic carbocycles. The van der Waals surface area contributed by atoms with E-state index in [4.69, 9.17) is 4.74 Å². The van der Waals surface area contributed by atoms with E-state index in [1.165, 1.54) is 41.0 Å². The number of rotatable bonds is 6. The van der Waals surface area contributed by atoms with Crippen LogP contribution < -0.4 is 30.2 Å². The third kappa shape index (κ3) is 4.86. The van der Waals surface area contributed by atoms with Crippen LogP contribution in [0.3, 0.4) is 0 Å². The first-order chi connectivity index (χ1) is 18.7. The zero-order chi connectivity index (χ0) is 27.1. The number of carbonyl (C=O) groups excluding carboxylic acids is 3. The molecule has 0 saturated carbocycles. The van der Waals surface area contributed by atoms with Gasteiger partial charge in [0.25, 0.3) is 17.7 Å². The Kier molecular flexibility index (Phi) is 5.70. The average molecular weight is 536 g/mol. The van der Waals surface area contributed by atoms with Crippen molar-refractivity contribution in [1.29, 1.82) is 0 Å². The van der Waals surface area contributed by atoms with Crippen LogP contribution in [0.25, 0.3) is 5.65 Å². The summed E-state index contributed by atoms with van der Waals surface area (Å²) in [6.07, 6.45) is -2.31. The van der Waals surface area contributed by atoms with Crippen LogP contribution in [-0.2, 0) is 17.9 Å². The van der Waals surface area contributed by atoms with Crippen LogP contribution in [0.15, 0.2) is 54.7 Å². The number of hydrogen-bond donors (Lipinski definition) is 3. The van der Waals surface area contributed by atoms with Gasteiger partial charge in [-0.25, -0.2) is 9.50 Å². The number of alkyl halides is 2. The second-order valence-electron chi connectivity index (χ2n) is 8.61. The molecule has 12 nitrogen and oxygen atoms in total. The molecule has 0 spiro atoms. The van der Waals surface area contributed by atoms with Crippen molar-refractivity contribution >= 4 is 29.1 Å². The van der Waals surface area contributed by atoms with Crippen molar-refractivity contribution in [2.45, 2.75) is 19.4 Å². The Bertz CT molecular complexity index is 1660. The summed E-state index contributed by atoms with van der Waals surface area (Å²) in [6, 6.07) is 12.1. The largest absolute Gasteiger partial charge is 0.586 e. The van der Waals surface area contributed by atoms with Gasteiger partial charge in [-0.2, -0.15) is 5.10 Å². The molecule has 0 radical (unpaired) electrons. The Morgan fingerprint density at radius 3 is 2.49 bits per heavy atom. The van der Waals surface area contributed by atoms with E-state index < -0.39 is 18.1 Å². The standard InChI is InChI=1S/C25H18F2N6O6/c26-25(27)38-19-4-2-14(8-20(19)39-25)11-29-24(36)17-9-16(31-21-5-6-30-33(17)21)23(35)28-10-13-1-3-18-15(7-13)32-22(34)12-37-18/h1-9H,10-12H2,(H,28,35)(H,29,36)(H,32,34). The molecule has 0 aliphatic carbocycles. The first-order valence-corrected chi connectivity index (χ1v) is 11.6. The van der Waals surface area contributed by atoms with Gasteiger partial charge in [0, 0.05) is 25.2 Å². The third-order valence-electron chi connectivity index (χ3n) is 5.87. The Labute approximate surface area is 217 Å². The van der Waals surface area contributed by atoms with Crippen molar-refractivity contribution < 1.29 is 37.4 Å². The van der Waals surface area contributed by atoms with Gasteiger partial charge in [-0.3, -0.25) is 14.4 Å². The van der Waals surface area contributed by atoms with Gasteiger partial charge in [-0.1, -0.05) is 12.1 Å². The molecule has 0 unspecified atom stereocenters. The SMILES string of the molecule is O=C1COc2ccc(CNC(=O)c3cc(C(=O)NCc4ccc5c(c4)OC(F)(F)O5)n4nccc4n3)cc2N1. The fourth-order valence-electron chi connectivity index (χ4n) is 4.08. The Hall–Kier alpha value is -5.27. The summed E-state index contributed by atoms with van der Waals surface area (Å²) in [6.45, 7) is 0.0440. The van der Waals surface area contributed by atoms with Gasteiger partial charge in [0.1, 0.15) is 17.1 Å². The van der Waals surface area contributed by atoms with Crippen molar-refractivity contribution in [3.63, 3.8) is 0 Å². The number of aromatic nitrogens is 3. The quantitative estimate of drug-likeness (QED) is 0.340. The minimum Gasteiger partial charge on any atom is -0.482 e. The minimum atomic E-state index is -3.74. The molecular formula is C25H18F2N6O6. The second kappa shape index (κ2) is 9.24. The maximum Gasteiger partial charge on any atom is 0.586 e. The number of ether oxygens (including phenoxy) is 3. The monoisotopic (exact) mass is 536 g/mol. The zero-order valence-electron chi connectivity index (χ0n) is 19.9. The Morgan fingerprint density at radius 2 is 1.67 bits per heavy atom. The van der Waals surface area contributed by atoms with Gasteiger partial charge in [-0.05, 0) is 35.4 Å². The smallest absolute Gasteiger partial charge is 0.482 e. The number of nitrogens with one attached hydrogen (secondary N) is 3. The highest BCUT2D eigenvalue weighted by Gasteiger charge is 2.43. The van der Waals surface area contributed by atoms with Gasteiger partial charge < -0.3 is 30.2 Å². The van der Waals surface area contributed by atoms with Gasteiger partial charge >= 0.3 is 6.29 Å². The molecule has 0 bridgehead atoms. The minimum absolute atomic E-state index is 0.0203. The fourth-order valence-corrected chi connectivity index (χ4v) is 4.08. The zero-order valence-corrected chi connectivity index (χ0v) is 19.9. The van der Waals surface area contributed by atoms with Crippen molar-refractivity contribution in [2.75, 3.05) is 11.9 Å². The predicted octanol–water partition coefficient (Wildman–Crippen LogP) is 2.24. The number of amides is 3. The third-order valence-corrected chi connectivity index (χ3v) is 5.87. The Morgan fingerprint density at radius 1 is 0.949 bits per heavy atom. The highest BCUT2D eigenvalue weighted by atomic mass is 19.3. The summed E-state index contributed by atoms with van der Waals surface area (Å²) in [5, 5.41) is 12.2. The highest BCUT2D eigenvalue weighted by molar-refractivity contribution is 5.98. The summed E-state index contributed by atoms with van der Waals surface area (Å²) in [7, 11) is 0. The first kappa shape index (κ1) is 24.1. The molecule has 39 heavy (non-hydrogen) atoms. The van der Waals surface area contributed by atoms with E-state index in [9.17, 15) is 23.2 Å². The molecule has 2 aliphatic rings. The number of anilines is 1. The van der Waals surface area contributed by atoms with E-state index in [0.29, 0.717) is 22.6 Å². The van der Waals surface area contributed by atoms with Crippen LogP contribution in [0.4, 0.5) is 14.5 Å². The van der Waals surface area contributed by atoms with Crippen LogP contribution >= 0.6 is 0 Å². The summed E-state index contributed by atoms with van der Waals surface area (Å²) >= 11 is 0. The highest BCUT2D eigenvalue weighted by Crippen LogP contribution is 2.41. The number of benzene rings is 2. The van der Waals surface area contributed by atoms with Crippen LogP contribution in [-0.4, -0.2) is 45.2 Å².